The van der Waals surface area contributed by atoms with Crippen molar-refractivity contribution in [3.05, 3.63) is 62.8 Å². The quantitative estimate of drug-likeness (QED) is 0.502. The summed E-state index contributed by atoms with van der Waals surface area (Å²) in [4.78, 5) is 25.9. The summed E-state index contributed by atoms with van der Waals surface area (Å²) in [7, 11) is 1.93. The van der Waals surface area contributed by atoms with Crippen LogP contribution < -0.4 is 0 Å². The van der Waals surface area contributed by atoms with Gasteiger partial charge in [0.25, 0.3) is 5.91 Å². The Kier molecular flexibility index (Phi) is 6.59. The van der Waals surface area contributed by atoms with Crippen LogP contribution in [0.4, 0.5) is 0 Å². The van der Waals surface area contributed by atoms with Gasteiger partial charge in [-0.05, 0) is 61.1 Å². The van der Waals surface area contributed by atoms with E-state index < -0.39 is 5.97 Å². The molecule has 1 aliphatic rings. The molecule has 0 spiro atoms. The van der Waals surface area contributed by atoms with E-state index in [4.69, 9.17) is 28.3 Å². The van der Waals surface area contributed by atoms with E-state index in [-0.39, 0.29) is 24.0 Å². The third kappa shape index (κ3) is 4.68. The molecule has 3 aromatic rings. The number of halogens is 2. The second-order valence-corrected chi connectivity index (χ2v) is 9.57. The molecule has 4 rings (SSSR count). The molecule has 2 heterocycles. The molecule has 0 atom stereocenters. The first kappa shape index (κ1) is 23.5. The van der Waals surface area contributed by atoms with Gasteiger partial charge in [-0.2, -0.15) is 0 Å². The number of amides is 1. The van der Waals surface area contributed by atoms with Crippen molar-refractivity contribution in [2.24, 2.45) is 13.0 Å². The molecule has 174 valence electrons. The van der Waals surface area contributed by atoms with Crippen LogP contribution in [0.2, 0.25) is 10.0 Å². The van der Waals surface area contributed by atoms with Crippen molar-refractivity contribution in [3.8, 4) is 5.75 Å². The number of nitrogens with zero attached hydrogens (tertiary/aromatic N) is 2. The summed E-state index contributed by atoms with van der Waals surface area (Å²) < 4.78 is 2.00. The van der Waals surface area contributed by atoms with E-state index >= 15 is 0 Å². The third-order valence-electron chi connectivity index (χ3n) is 6.59. The number of piperidine rings is 1. The van der Waals surface area contributed by atoms with Gasteiger partial charge in [0.15, 0.2) is 0 Å². The summed E-state index contributed by atoms with van der Waals surface area (Å²) in [6.07, 6.45) is 1.90. The van der Waals surface area contributed by atoms with E-state index in [1.54, 1.807) is 29.2 Å². The predicted octanol–water partition coefficient (Wildman–Crippen LogP) is 5.42. The van der Waals surface area contributed by atoms with Crippen LogP contribution in [0.3, 0.4) is 0 Å². The number of carboxylic acid groups (broad SMARTS) is 1. The maximum Gasteiger partial charge on any atom is 0.303 e. The number of aryl methyl sites for hydroxylation is 2. The molecule has 2 N–H and O–H groups in total. The van der Waals surface area contributed by atoms with Crippen LogP contribution in [0.5, 0.6) is 5.75 Å². The van der Waals surface area contributed by atoms with Gasteiger partial charge in [0.2, 0.25) is 0 Å². The van der Waals surface area contributed by atoms with Gasteiger partial charge in [-0.3, -0.25) is 9.59 Å². The number of aromatic hydroxyl groups is 1. The minimum absolute atomic E-state index is 0.0946. The fraction of sp³-hybridized carbons (Fsp3) is 0.360. The number of rotatable bonds is 5. The number of fused-ring (bicyclic) bond motifs is 1. The summed E-state index contributed by atoms with van der Waals surface area (Å²) in [5.41, 5.74) is 3.92. The number of likely N-dealkylation sites (tertiary alicyclic amines) is 1. The number of aromatic nitrogens is 1. The van der Waals surface area contributed by atoms with Gasteiger partial charge in [-0.15, -0.1) is 0 Å². The van der Waals surface area contributed by atoms with Gasteiger partial charge >= 0.3 is 5.97 Å². The predicted molar refractivity (Wildman–Crippen MR) is 129 cm³/mol. The summed E-state index contributed by atoms with van der Waals surface area (Å²) in [5.74, 6) is -0.658. The summed E-state index contributed by atoms with van der Waals surface area (Å²) in [6.45, 7) is 2.97. The highest BCUT2D eigenvalue weighted by molar-refractivity contribution is 6.38. The lowest BCUT2D eigenvalue weighted by Gasteiger charge is -2.31. The van der Waals surface area contributed by atoms with Crippen LogP contribution in [0.1, 0.15) is 46.4 Å². The number of hydrogen-bond donors (Lipinski definition) is 2. The molecule has 0 aliphatic carbocycles. The highest BCUT2D eigenvalue weighted by Gasteiger charge is 2.27. The molecule has 8 heteroatoms. The number of carboxylic acids is 1. The first-order chi connectivity index (χ1) is 15.7. The monoisotopic (exact) mass is 488 g/mol. The van der Waals surface area contributed by atoms with Crippen molar-refractivity contribution in [3.63, 3.8) is 0 Å². The molecule has 33 heavy (non-hydrogen) atoms. The molecular formula is C25H26Cl2N2O4. The van der Waals surface area contributed by atoms with Crippen LogP contribution in [0.25, 0.3) is 10.9 Å². The van der Waals surface area contributed by atoms with Crippen molar-refractivity contribution < 1.29 is 19.8 Å². The standard InChI is InChI=1S/C25H26Cl2N2O4/c1-14-9-17(30)13-22-19(14)11-16(28(22)2)12-20-21(26)4-3-18(24(20)27)25(33)29-7-5-15(6-8-29)10-23(31)32/h3-4,9,11,13,15,30H,5-8,10,12H2,1-2H3,(H,31,32). The first-order valence-electron chi connectivity index (χ1n) is 10.9. The van der Waals surface area contributed by atoms with Gasteiger partial charge in [0, 0.05) is 55.1 Å². The lowest BCUT2D eigenvalue weighted by Crippen LogP contribution is -2.39. The molecule has 1 amide bonds. The minimum atomic E-state index is -0.802. The first-order valence-corrected chi connectivity index (χ1v) is 11.7. The topological polar surface area (TPSA) is 82.8 Å². The van der Waals surface area contributed by atoms with Crippen LogP contribution in [-0.4, -0.2) is 44.6 Å². The largest absolute Gasteiger partial charge is 0.508 e. The summed E-state index contributed by atoms with van der Waals surface area (Å²) in [5, 5.41) is 20.8. The number of benzene rings is 2. The highest BCUT2D eigenvalue weighted by Crippen LogP contribution is 2.34. The van der Waals surface area contributed by atoms with Crippen molar-refractivity contribution in [1.82, 2.24) is 9.47 Å². The minimum Gasteiger partial charge on any atom is -0.508 e. The molecule has 1 fully saturated rings. The molecule has 0 unspecified atom stereocenters. The van der Waals surface area contributed by atoms with Crippen molar-refractivity contribution >= 4 is 46.0 Å². The number of carbonyl (C=O) groups excluding carboxylic acids is 1. The molecule has 0 saturated carbocycles. The fourth-order valence-electron chi connectivity index (χ4n) is 4.68. The van der Waals surface area contributed by atoms with Crippen molar-refractivity contribution in [2.45, 2.75) is 32.6 Å². The zero-order valence-corrected chi connectivity index (χ0v) is 20.1. The Labute approximate surface area is 202 Å². The van der Waals surface area contributed by atoms with Crippen molar-refractivity contribution in [1.29, 1.82) is 0 Å². The average molecular weight is 489 g/mol. The number of phenols is 1. The number of carbonyl (C=O) groups is 2. The smallest absolute Gasteiger partial charge is 0.303 e. The van der Waals surface area contributed by atoms with Crippen molar-refractivity contribution in [2.75, 3.05) is 13.1 Å². The molecule has 1 aromatic heterocycles. The lowest BCUT2D eigenvalue weighted by molar-refractivity contribution is -0.138. The van der Waals surface area contributed by atoms with Crippen LogP contribution >= 0.6 is 23.2 Å². The van der Waals surface area contributed by atoms with E-state index in [1.165, 1.54) is 0 Å². The highest BCUT2D eigenvalue weighted by atomic mass is 35.5. The Balaban J connectivity index is 1.60. The average Bonchev–Trinajstić information content (AvgIpc) is 3.07. The van der Waals surface area contributed by atoms with Gasteiger partial charge in [-0.1, -0.05) is 23.2 Å². The maximum atomic E-state index is 13.2. The van der Waals surface area contributed by atoms with Gasteiger partial charge in [-0.25, -0.2) is 0 Å². The van der Waals surface area contributed by atoms with E-state index in [2.05, 4.69) is 6.07 Å². The van der Waals surface area contributed by atoms with Gasteiger partial charge < -0.3 is 19.7 Å². The number of aliphatic carboxylic acids is 1. The number of hydrogen-bond acceptors (Lipinski definition) is 3. The Morgan fingerprint density at radius 2 is 1.82 bits per heavy atom. The van der Waals surface area contributed by atoms with Crippen LogP contribution in [0, 0.1) is 12.8 Å². The molecule has 1 saturated heterocycles. The van der Waals surface area contributed by atoms with E-state index in [9.17, 15) is 14.7 Å². The Morgan fingerprint density at radius 3 is 2.48 bits per heavy atom. The molecule has 6 nitrogen and oxygen atoms in total. The molecule has 0 radical (unpaired) electrons. The zero-order valence-electron chi connectivity index (χ0n) is 18.6. The molecule has 2 aromatic carbocycles. The summed E-state index contributed by atoms with van der Waals surface area (Å²) in [6, 6.07) is 8.86. The second-order valence-electron chi connectivity index (χ2n) is 8.79. The fourth-order valence-corrected chi connectivity index (χ4v) is 5.26. The Hall–Kier alpha value is -2.70. The SMILES string of the molecule is Cc1cc(O)cc2c1cc(Cc1c(Cl)ccc(C(=O)N3CCC(CC(=O)O)CC3)c1Cl)n2C. The summed E-state index contributed by atoms with van der Waals surface area (Å²) >= 11 is 13.2. The normalized spacial score (nSPS) is 14.7. The van der Waals surface area contributed by atoms with E-state index in [0.717, 1.165) is 22.2 Å². The van der Waals surface area contributed by atoms with Gasteiger partial charge in [0.1, 0.15) is 5.75 Å². The Morgan fingerprint density at radius 1 is 1.12 bits per heavy atom. The van der Waals surface area contributed by atoms with E-state index in [1.807, 2.05) is 18.5 Å². The van der Waals surface area contributed by atoms with E-state index in [0.29, 0.717) is 53.5 Å². The van der Waals surface area contributed by atoms with Gasteiger partial charge in [0.05, 0.1) is 16.1 Å². The third-order valence-corrected chi connectivity index (χ3v) is 7.38. The molecular weight excluding hydrogens is 463 g/mol. The Bertz CT molecular complexity index is 1240. The van der Waals surface area contributed by atoms with Crippen LogP contribution in [-0.2, 0) is 18.3 Å². The molecule has 1 aliphatic heterocycles. The lowest BCUT2D eigenvalue weighted by atomic mass is 9.93. The number of phenolic OH excluding ortho intramolecular Hbond substituents is 1. The zero-order chi connectivity index (χ0) is 23.9. The second kappa shape index (κ2) is 9.27. The maximum absolute atomic E-state index is 13.2. The van der Waals surface area contributed by atoms with Crippen LogP contribution in [0.15, 0.2) is 30.3 Å². The molecule has 0 bridgehead atoms.